The SMILES string of the molecule is CC(C)c1cc(Nc2cccc(Cl)c2)ncc1CNCC1CCCC1.O=CO. The molecular weight excluding hydrogens is 374 g/mol. The van der Waals surface area contributed by atoms with Crippen molar-refractivity contribution in [2.75, 3.05) is 11.9 Å². The fourth-order valence-corrected chi connectivity index (χ4v) is 3.78. The fourth-order valence-electron chi connectivity index (χ4n) is 3.59. The summed E-state index contributed by atoms with van der Waals surface area (Å²) in [6.45, 7) is 6.24. The van der Waals surface area contributed by atoms with Gasteiger partial charge in [0.2, 0.25) is 0 Å². The van der Waals surface area contributed by atoms with Gasteiger partial charge in [-0.05, 0) is 66.6 Å². The molecule has 0 unspecified atom stereocenters. The Morgan fingerprint density at radius 3 is 2.64 bits per heavy atom. The van der Waals surface area contributed by atoms with Crippen molar-refractivity contribution in [1.82, 2.24) is 10.3 Å². The van der Waals surface area contributed by atoms with Crippen molar-refractivity contribution in [3.8, 4) is 0 Å². The molecule has 3 N–H and O–H groups in total. The molecule has 1 aromatic carbocycles. The first-order valence-corrected chi connectivity index (χ1v) is 10.2. The molecule has 0 saturated heterocycles. The lowest BCUT2D eigenvalue weighted by Gasteiger charge is -2.17. The molecule has 152 valence electrons. The summed E-state index contributed by atoms with van der Waals surface area (Å²) in [6, 6.07) is 9.89. The van der Waals surface area contributed by atoms with E-state index in [2.05, 4.69) is 35.5 Å². The van der Waals surface area contributed by atoms with E-state index in [0.717, 1.165) is 35.5 Å². The van der Waals surface area contributed by atoms with Crippen LogP contribution < -0.4 is 10.6 Å². The van der Waals surface area contributed by atoms with E-state index >= 15 is 0 Å². The molecule has 2 aromatic rings. The number of carbonyl (C=O) groups is 1. The summed E-state index contributed by atoms with van der Waals surface area (Å²) >= 11 is 6.06. The molecule has 0 bridgehead atoms. The van der Waals surface area contributed by atoms with E-state index in [1.165, 1.54) is 36.8 Å². The van der Waals surface area contributed by atoms with E-state index in [-0.39, 0.29) is 6.47 Å². The number of hydrogen-bond donors (Lipinski definition) is 3. The van der Waals surface area contributed by atoms with Gasteiger partial charge in [0.1, 0.15) is 5.82 Å². The van der Waals surface area contributed by atoms with Gasteiger partial charge < -0.3 is 15.7 Å². The number of hydrogen-bond acceptors (Lipinski definition) is 4. The van der Waals surface area contributed by atoms with Crippen molar-refractivity contribution in [1.29, 1.82) is 0 Å². The number of nitrogens with zero attached hydrogens (tertiary/aromatic N) is 1. The summed E-state index contributed by atoms with van der Waals surface area (Å²) in [5.41, 5.74) is 3.60. The molecule has 3 rings (SSSR count). The average Bonchev–Trinajstić information content (AvgIpc) is 3.17. The molecule has 0 aliphatic heterocycles. The molecule has 28 heavy (non-hydrogen) atoms. The van der Waals surface area contributed by atoms with E-state index in [9.17, 15) is 0 Å². The zero-order valence-electron chi connectivity index (χ0n) is 16.6. The molecule has 1 heterocycles. The Morgan fingerprint density at radius 2 is 2.00 bits per heavy atom. The van der Waals surface area contributed by atoms with E-state index in [4.69, 9.17) is 21.5 Å². The summed E-state index contributed by atoms with van der Waals surface area (Å²) in [6.07, 6.45) is 7.56. The Hall–Kier alpha value is -2.11. The number of benzene rings is 1. The van der Waals surface area contributed by atoms with Crippen molar-refractivity contribution in [3.63, 3.8) is 0 Å². The highest BCUT2D eigenvalue weighted by Crippen LogP contribution is 2.26. The Kier molecular flexibility index (Phi) is 9.24. The van der Waals surface area contributed by atoms with Gasteiger partial charge in [-0.3, -0.25) is 4.79 Å². The van der Waals surface area contributed by atoms with Crippen LogP contribution in [0.1, 0.15) is 56.6 Å². The molecular formula is C22H30ClN3O2. The minimum Gasteiger partial charge on any atom is -0.483 e. The molecule has 1 aliphatic carbocycles. The minimum absolute atomic E-state index is 0.250. The number of halogens is 1. The average molecular weight is 404 g/mol. The summed E-state index contributed by atoms with van der Waals surface area (Å²) in [7, 11) is 0. The van der Waals surface area contributed by atoms with Crippen LogP contribution in [0.2, 0.25) is 5.02 Å². The number of rotatable bonds is 7. The molecule has 0 atom stereocenters. The second-order valence-electron chi connectivity index (χ2n) is 7.45. The predicted octanol–water partition coefficient (Wildman–Crippen LogP) is 5.58. The maximum absolute atomic E-state index is 8.36. The van der Waals surface area contributed by atoms with Crippen LogP contribution in [0, 0.1) is 5.92 Å². The summed E-state index contributed by atoms with van der Waals surface area (Å²) < 4.78 is 0. The largest absolute Gasteiger partial charge is 0.483 e. The third kappa shape index (κ3) is 7.13. The van der Waals surface area contributed by atoms with Gasteiger partial charge >= 0.3 is 0 Å². The first-order chi connectivity index (χ1) is 13.5. The van der Waals surface area contributed by atoms with Gasteiger partial charge in [-0.15, -0.1) is 0 Å². The summed E-state index contributed by atoms with van der Waals surface area (Å²) in [5.74, 6) is 2.19. The highest BCUT2D eigenvalue weighted by Gasteiger charge is 2.15. The van der Waals surface area contributed by atoms with E-state index in [1.54, 1.807) is 0 Å². The van der Waals surface area contributed by atoms with Gasteiger partial charge in [0, 0.05) is 23.5 Å². The van der Waals surface area contributed by atoms with Crippen LogP contribution in [0.15, 0.2) is 36.5 Å². The number of anilines is 2. The highest BCUT2D eigenvalue weighted by molar-refractivity contribution is 6.30. The zero-order chi connectivity index (χ0) is 20.4. The van der Waals surface area contributed by atoms with Crippen LogP contribution in [0.5, 0.6) is 0 Å². The van der Waals surface area contributed by atoms with Crippen LogP contribution in [0.4, 0.5) is 11.5 Å². The van der Waals surface area contributed by atoms with Crippen LogP contribution >= 0.6 is 11.6 Å². The van der Waals surface area contributed by atoms with Gasteiger partial charge in [-0.2, -0.15) is 0 Å². The normalized spacial score (nSPS) is 13.9. The molecule has 0 radical (unpaired) electrons. The molecule has 5 nitrogen and oxygen atoms in total. The summed E-state index contributed by atoms with van der Waals surface area (Å²) in [5, 5.41) is 14.6. The Morgan fingerprint density at radius 1 is 1.29 bits per heavy atom. The zero-order valence-corrected chi connectivity index (χ0v) is 17.4. The molecule has 6 heteroatoms. The van der Waals surface area contributed by atoms with Gasteiger partial charge in [0.05, 0.1) is 0 Å². The third-order valence-corrected chi connectivity index (χ3v) is 5.20. The van der Waals surface area contributed by atoms with Gasteiger partial charge in [-0.25, -0.2) is 4.98 Å². The predicted molar refractivity (Wildman–Crippen MR) is 115 cm³/mol. The summed E-state index contributed by atoms with van der Waals surface area (Å²) in [4.78, 5) is 13.0. The first-order valence-electron chi connectivity index (χ1n) is 9.83. The minimum atomic E-state index is -0.250. The van der Waals surface area contributed by atoms with Crippen LogP contribution in [0.3, 0.4) is 0 Å². The molecule has 1 aliphatic rings. The van der Waals surface area contributed by atoms with E-state index in [1.807, 2.05) is 30.5 Å². The second-order valence-corrected chi connectivity index (χ2v) is 7.88. The van der Waals surface area contributed by atoms with Crippen molar-refractivity contribution in [2.45, 2.75) is 52.0 Å². The maximum atomic E-state index is 8.36. The monoisotopic (exact) mass is 403 g/mol. The van der Waals surface area contributed by atoms with Crippen molar-refractivity contribution in [2.24, 2.45) is 5.92 Å². The van der Waals surface area contributed by atoms with Crippen molar-refractivity contribution in [3.05, 3.63) is 52.7 Å². The number of aromatic nitrogens is 1. The Balaban J connectivity index is 0.000000878. The second kappa shape index (κ2) is 11.7. The maximum Gasteiger partial charge on any atom is 0.290 e. The molecule has 0 amide bonds. The lowest BCUT2D eigenvalue weighted by Crippen LogP contribution is -2.21. The van der Waals surface area contributed by atoms with E-state index in [0.29, 0.717) is 5.92 Å². The number of nitrogens with one attached hydrogen (secondary N) is 2. The lowest BCUT2D eigenvalue weighted by atomic mass is 9.98. The number of pyridine rings is 1. The Bertz CT molecular complexity index is 746. The quantitative estimate of drug-likeness (QED) is 0.526. The van der Waals surface area contributed by atoms with Gasteiger partial charge in [-0.1, -0.05) is 44.4 Å². The van der Waals surface area contributed by atoms with Crippen LogP contribution in [0.25, 0.3) is 0 Å². The highest BCUT2D eigenvalue weighted by atomic mass is 35.5. The number of carboxylic acid groups (broad SMARTS) is 1. The molecule has 0 spiro atoms. The van der Waals surface area contributed by atoms with Gasteiger partial charge in [0.25, 0.3) is 6.47 Å². The van der Waals surface area contributed by atoms with Crippen LogP contribution in [-0.2, 0) is 11.3 Å². The van der Waals surface area contributed by atoms with Crippen molar-refractivity contribution < 1.29 is 9.90 Å². The smallest absolute Gasteiger partial charge is 0.290 e. The molecule has 1 fully saturated rings. The van der Waals surface area contributed by atoms with Crippen LogP contribution in [-0.4, -0.2) is 23.1 Å². The first kappa shape index (κ1) is 22.2. The standard InChI is InChI=1S/C21H28ClN3.CH2O2/c1-15(2)20-11-21(25-19-9-5-8-18(22)10-19)24-14-17(20)13-23-12-16-6-3-4-7-16;2-1-3/h5,8-11,14-16,23H,3-4,6-7,12-13H2,1-2H3,(H,24,25);1H,(H,2,3). The molecule has 1 saturated carbocycles. The van der Waals surface area contributed by atoms with Crippen molar-refractivity contribution >= 4 is 29.6 Å². The lowest BCUT2D eigenvalue weighted by molar-refractivity contribution is -0.122. The van der Waals surface area contributed by atoms with E-state index < -0.39 is 0 Å². The third-order valence-electron chi connectivity index (χ3n) is 4.96. The topological polar surface area (TPSA) is 74.2 Å². The fraction of sp³-hybridized carbons (Fsp3) is 0.455. The van der Waals surface area contributed by atoms with Gasteiger partial charge in [0.15, 0.2) is 0 Å². The molecule has 1 aromatic heterocycles. The Labute approximate surface area is 172 Å².